The van der Waals surface area contributed by atoms with E-state index in [1.165, 1.54) is 0 Å². The van der Waals surface area contributed by atoms with Gasteiger partial charge in [-0.3, -0.25) is 9.69 Å². The Morgan fingerprint density at radius 3 is 2.56 bits per heavy atom. The quantitative estimate of drug-likeness (QED) is 0.717. The molecule has 16 heavy (non-hydrogen) atoms. The van der Waals surface area contributed by atoms with Crippen molar-refractivity contribution in [1.82, 2.24) is 4.90 Å². The first-order valence-electron chi connectivity index (χ1n) is 5.56. The molecule has 1 amide bonds. The minimum Gasteiger partial charge on any atom is -0.320 e. The summed E-state index contributed by atoms with van der Waals surface area (Å²) in [6.07, 6.45) is 1.85. The fourth-order valence-corrected chi connectivity index (χ4v) is 1.62. The van der Waals surface area contributed by atoms with Crippen LogP contribution in [0.15, 0.2) is 0 Å². The van der Waals surface area contributed by atoms with Gasteiger partial charge in [0.15, 0.2) is 6.80 Å². The second-order valence-electron chi connectivity index (χ2n) is 4.44. The molecule has 0 aromatic rings. The summed E-state index contributed by atoms with van der Waals surface area (Å²) >= 11 is 0. The first kappa shape index (κ1) is 12.9. The highest BCUT2D eigenvalue weighted by atomic mass is 19.1. The monoisotopic (exact) mass is 227 g/mol. The molecule has 1 fully saturated rings. The fourth-order valence-electron chi connectivity index (χ4n) is 1.62. The van der Waals surface area contributed by atoms with Crippen LogP contribution in [0.25, 0.3) is 0 Å². The zero-order chi connectivity index (χ0) is 12.3. The number of hydrogen-bond donors (Lipinski definition) is 1. The molecule has 0 spiro atoms. The van der Waals surface area contributed by atoms with Crippen LogP contribution >= 0.6 is 0 Å². The summed E-state index contributed by atoms with van der Waals surface area (Å²) in [4.78, 5) is 12.9. The Kier molecular flexibility index (Phi) is 3.87. The van der Waals surface area contributed by atoms with E-state index in [-0.39, 0.29) is 5.92 Å². The zero-order valence-corrected chi connectivity index (χ0v) is 9.74. The van der Waals surface area contributed by atoms with E-state index in [1.54, 1.807) is 0 Å². The summed E-state index contributed by atoms with van der Waals surface area (Å²) in [5.41, 5.74) is 4.84. The largest absolute Gasteiger partial charge is 0.320 e. The predicted octanol–water partition coefficient (Wildman–Crippen LogP) is 1.17. The SMILES string of the molecule is CCC(C)C(N)C(=O)N(CF)C1(C#N)CC1. The molecular weight excluding hydrogens is 209 g/mol. The van der Waals surface area contributed by atoms with E-state index in [1.807, 2.05) is 19.9 Å². The number of nitriles is 1. The molecule has 2 atom stereocenters. The van der Waals surface area contributed by atoms with Crippen LogP contribution in [0.3, 0.4) is 0 Å². The molecule has 90 valence electrons. The van der Waals surface area contributed by atoms with Gasteiger partial charge >= 0.3 is 0 Å². The topological polar surface area (TPSA) is 70.1 Å². The van der Waals surface area contributed by atoms with Gasteiger partial charge < -0.3 is 5.73 Å². The van der Waals surface area contributed by atoms with Gasteiger partial charge in [0.05, 0.1) is 12.1 Å². The second kappa shape index (κ2) is 4.79. The van der Waals surface area contributed by atoms with Gasteiger partial charge in [-0.15, -0.1) is 0 Å². The molecule has 0 saturated heterocycles. The predicted molar refractivity (Wildman–Crippen MR) is 57.8 cm³/mol. The third-order valence-corrected chi connectivity index (χ3v) is 3.38. The molecule has 0 radical (unpaired) electrons. The van der Waals surface area contributed by atoms with Crippen molar-refractivity contribution in [3.63, 3.8) is 0 Å². The standard InChI is InChI=1S/C11H18FN3O/c1-3-8(2)9(14)10(16)15(7-12)11(6-13)4-5-11/h8-9H,3-5,7,14H2,1-2H3. The number of hydrogen-bond acceptors (Lipinski definition) is 3. The van der Waals surface area contributed by atoms with Crippen molar-refractivity contribution in [2.45, 2.75) is 44.7 Å². The molecule has 0 heterocycles. The van der Waals surface area contributed by atoms with Crippen molar-refractivity contribution in [3.8, 4) is 6.07 Å². The lowest BCUT2D eigenvalue weighted by Gasteiger charge is -2.28. The Labute approximate surface area is 95.2 Å². The Bertz CT molecular complexity index is 309. The molecule has 1 saturated carbocycles. The van der Waals surface area contributed by atoms with E-state index in [0.29, 0.717) is 12.8 Å². The molecule has 0 bridgehead atoms. The van der Waals surface area contributed by atoms with E-state index < -0.39 is 24.3 Å². The Morgan fingerprint density at radius 1 is 1.69 bits per heavy atom. The molecule has 4 nitrogen and oxygen atoms in total. The maximum atomic E-state index is 12.9. The molecule has 0 aliphatic heterocycles. The summed E-state index contributed by atoms with van der Waals surface area (Å²) in [6, 6.07) is 1.29. The van der Waals surface area contributed by atoms with Crippen molar-refractivity contribution in [2.75, 3.05) is 6.80 Å². The Balaban J connectivity index is 2.75. The first-order valence-corrected chi connectivity index (χ1v) is 5.56. The van der Waals surface area contributed by atoms with Gasteiger partial charge in [-0.25, -0.2) is 4.39 Å². The van der Waals surface area contributed by atoms with Crippen molar-refractivity contribution < 1.29 is 9.18 Å². The number of halogens is 1. The van der Waals surface area contributed by atoms with Crippen LogP contribution in [-0.2, 0) is 4.79 Å². The number of rotatable bonds is 5. The third-order valence-electron chi connectivity index (χ3n) is 3.38. The lowest BCUT2D eigenvalue weighted by atomic mass is 9.98. The second-order valence-corrected chi connectivity index (χ2v) is 4.44. The highest BCUT2D eigenvalue weighted by molar-refractivity contribution is 5.83. The average molecular weight is 227 g/mol. The minimum absolute atomic E-state index is 0.00366. The molecule has 2 unspecified atom stereocenters. The molecular formula is C11H18FN3O. The minimum atomic E-state index is -0.934. The van der Waals surface area contributed by atoms with Crippen molar-refractivity contribution in [2.24, 2.45) is 11.7 Å². The highest BCUT2D eigenvalue weighted by Crippen LogP contribution is 2.41. The number of nitrogens with zero attached hydrogens (tertiary/aromatic N) is 2. The van der Waals surface area contributed by atoms with Gasteiger partial charge in [0, 0.05) is 0 Å². The fraction of sp³-hybridized carbons (Fsp3) is 0.818. The van der Waals surface area contributed by atoms with Crippen molar-refractivity contribution in [3.05, 3.63) is 0 Å². The summed E-state index contributed by atoms with van der Waals surface area (Å²) in [6.45, 7) is 2.84. The van der Waals surface area contributed by atoms with E-state index in [2.05, 4.69) is 0 Å². The molecule has 1 rings (SSSR count). The Hall–Kier alpha value is -1.15. The van der Waals surface area contributed by atoms with Gasteiger partial charge in [0.2, 0.25) is 5.91 Å². The summed E-state index contributed by atoms with van der Waals surface area (Å²) in [5.74, 6) is -0.452. The Morgan fingerprint density at radius 2 is 2.25 bits per heavy atom. The summed E-state index contributed by atoms with van der Waals surface area (Å²) in [5, 5.41) is 8.93. The molecule has 5 heteroatoms. The molecule has 0 aromatic heterocycles. The van der Waals surface area contributed by atoms with Gasteiger partial charge in [-0.05, 0) is 18.8 Å². The van der Waals surface area contributed by atoms with Crippen LogP contribution in [0, 0.1) is 17.2 Å². The average Bonchev–Trinajstić information content (AvgIpc) is 3.08. The van der Waals surface area contributed by atoms with Crippen LogP contribution in [0.2, 0.25) is 0 Å². The van der Waals surface area contributed by atoms with Crippen LogP contribution < -0.4 is 5.73 Å². The number of amides is 1. The summed E-state index contributed by atoms with van der Waals surface area (Å²) in [7, 11) is 0. The normalized spacial score (nSPS) is 20.7. The van der Waals surface area contributed by atoms with Gasteiger partial charge in [-0.2, -0.15) is 5.26 Å². The van der Waals surface area contributed by atoms with Crippen LogP contribution in [0.4, 0.5) is 4.39 Å². The maximum absolute atomic E-state index is 12.9. The first-order chi connectivity index (χ1) is 7.52. The van der Waals surface area contributed by atoms with Crippen LogP contribution in [0.5, 0.6) is 0 Å². The molecule has 1 aliphatic rings. The van der Waals surface area contributed by atoms with E-state index in [0.717, 1.165) is 11.3 Å². The van der Waals surface area contributed by atoms with Gasteiger partial charge in [-0.1, -0.05) is 20.3 Å². The number of nitrogens with two attached hydrogens (primary N) is 1. The van der Waals surface area contributed by atoms with Crippen LogP contribution in [-0.4, -0.2) is 29.2 Å². The third kappa shape index (κ3) is 2.17. The van der Waals surface area contributed by atoms with Crippen molar-refractivity contribution >= 4 is 5.91 Å². The maximum Gasteiger partial charge on any atom is 0.243 e. The lowest BCUT2D eigenvalue weighted by Crippen LogP contribution is -2.51. The molecule has 1 aliphatic carbocycles. The molecule has 0 aromatic carbocycles. The smallest absolute Gasteiger partial charge is 0.243 e. The van der Waals surface area contributed by atoms with Crippen molar-refractivity contribution in [1.29, 1.82) is 5.26 Å². The van der Waals surface area contributed by atoms with E-state index >= 15 is 0 Å². The van der Waals surface area contributed by atoms with Gasteiger partial charge in [0.25, 0.3) is 0 Å². The zero-order valence-electron chi connectivity index (χ0n) is 9.74. The lowest BCUT2D eigenvalue weighted by molar-refractivity contribution is -0.137. The summed E-state index contributed by atoms with van der Waals surface area (Å²) < 4.78 is 12.9. The molecule has 2 N–H and O–H groups in total. The highest BCUT2D eigenvalue weighted by Gasteiger charge is 2.52. The number of alkyl halides is 1. The number of carbonyl (C=O) groups is 1. The van der Waals surface area contributed by atoms with E-state index in [4.69, 9.17) is 11.0 Å². The number of carbonyl (C=O) groups excluding carboxylic acids is 1. The van der Waals surface area contributed by atoms with Crippen LogP contribution in [0.1, 0.15) is 33.1 Å². The van der Waals surface area contributed by atoms with Gasteiger partial charge in [0.1, 0.15) is 5.54 Å². The van der Waals surface area contributed by atoms with E-state index in [9.17, 15) is 9.18 Å².